The molecule has 0 spiro atoms. The number of nitrogens with zero attached hydrogens (tertiary/aromatic N) is 1. The molecule has 0 saturated carbocycles. The third-order valence-corrected chi connectivity index (χ3v) is 2.25. The van der Waals surface area contributed by atoms with Crippen LogP contribution < -0.4 is 0 Å². The lowest BCUT2D eigenvalue weighted by molar-refractivity contribution is -0.897. The highest BCUT2D eigenvalue weighted by atomic mass is 16.5. The Balaban J connectivity index is 4.10. The number of likely N-dealkylation sites (N-methyl/N-ethyl adjacent to an activating group) is 1. The van der Waals surface area contributed by atoms with E-state index in [9.17, 15) is 4.79 Å². The maximum absolute atomic E-state index is 10.7. The Hall–Kier alpha value is -0.570. The van der Waals surface area contributed by atoms with E-state index < -0.39 is 0 Å². The number of rotatable bonds is 3. The van der Waals surface area contributed by atoms with Crippen molar-refractivity contribution in [1.29, 1.82) is 0 Å². The van der Waals surface area contributed by atoms with Gasteiger partial charge in [0.15, 0.2) is 6.10 Å². The van der Waals surface area contributed by atoms with Crippen molar-refractivity contribution >= 4 is 5.97 Å². The maximum Gasteiger partial charge on any atom is 0.303 e. The van der Waals surface area contributed by atoms with Gasteiger partial charge in [-0.1, -0.05) is 0 Å². The van der Waals surface area contributed by atoms with Gasteiger partial charge in [-0.2, -0.15) is 0 Å². The maximum atomic E-state index is 10.7. The van der Waals surface area contributed by atoms with Gasteiger partial charge in [0.25, 0.3) is 0 Å². The largest absolute Gasteiger partial charge is 0.457 e. The molecule has 0 bridgehead atoms. The molecule has 2 atom stereocenters. The molecule has 0 aliphatic rings. The molecule has 0 saturated heterocycles. The number of ether oxygens (including phenoxy) is 1. The first kappa shape index (κ1) is 11.4. The molecule has 0 aromatic rings. The molecular weight excluding hydrogens is 154 g/mol. The number of hydrogen-bond acceptors (Lipinski definition) is 2. The van der Waals surface area contributed by atoms with Crippen LogP contribution in [0.5, 0.6) is 0 Å². The first-order valence-electron chi connectivity index (χ1n) is 4.23. The van der Waals surface area contributed by atoms with Crippen LogP contribution in [-0.2, 0) is 9.53 Å². The van der Waals surface area contributed by atoms with Crippen LogP contribution in [0.15, 0.2) is 0 Å². The van der Waals surface area contributed by atoms with Gasteiger partial charge >= 0.3 is 5.97 Å². The molecule has 0 aromatic heterocycles. The second-order valence-electron chi connectivity index (χ2n) is 4.17. The fourth-order valence-electron chi connectivity index (χ4n) is 0.990. The predicted octanol–water partition coefficient (Wildman–Crippen LogP) is 1.03. The van der Waals surface area contributed by atoms with Crippen molar-refractivity contribution in [2.45, 2.75) is 32.9 Å². The van der Waals surface area contributed by atoms with Crippen molar-refractivity contribution in [1.82, 2.24) is 0 Å². The fourth-order valence-corrected chi connectivity index (χ4v) is 0.990. The lowest BCUT2D eigenvalue weighted by Crippen LogP contribution is -2.50. The van der Waals surface area contributed by atoms with Gasteiger partial charge in [-0.3, -0.25) is 4.79 Å². The van der Waals surface area contributed by atoms with E-state index in [1.165, 1.54) is 6.92 Å². The Morgan fingerprint density at radius 3 is 1.92 bits per heavy atom. The molecule has 0 aliphatic heterocycles. The topological polar surface area (TPSA) is 26.3 Å². The molecule has 0 aromatic carbocycles. The van der Waals surface area contributed by atoms with Gasteiger partial charge in [-0.25, -0.2) is 0 Å². The zero-order valence-electron chi connectivity index (χ0n) is 8.92. The fraction of sp³-hybridized carbons (Fsp3) is 0.889. The van der Waals surface area contributed by atoms with Gasteiger partial charge in [0.2, 0.25) is 0 Å². The standard InChI is InChI=1S/C9H20NO2/c1-7(10(4,5)6)8(2)12-9(3)11/h7-8H,1-6H3/q+1. The smallest absolute Gasteiger partial charge is 0.303 e. The van der Waals surface area contributed by atoms with Gasteiger partial charge in [0.1, 0.15) is 6.04 Å². The van der Waals surface area contributed by atoms with Crippen LogP contribution in [-0.4, -0.2) is 43.7 Å². The summed E-state index contributed by atoms with van der Waals surface area (Å²) in [6.07, 6.45) is -0.0255. The van der Waals surface area contributed by atoms with Crippen LogP contribution in [0.4, 0.5) is 0 Å². The van der Waals surface area contributed by atoms with E-state index in [0.29, 0.717) is 6.04 Å². The van der Waals surface area contributed by atoms with Gasteiger partial charge in [0.05, 0.1) is 21.1 Å². The Morgan fingerprint density at radius 2 is 1.67 bits per heavy atom. The SMILES string of the molecule is CC(=O)OC(C)C(C)[N+](C)(C)C. The number of carbonyl (C=O) groups is 1. The minimum atomic E-state index is -0.206. The predicted molar refractivity (Wildman–Crippen MR) is 48.7 cm³/mol. The quantitative estimate of drug-likeness (QED) is 0.472. The van der Waals surface area contributed by atoms with Crippen molar-refractivity contribution in [2.75, 3.05) is 21.1 Å². The zero-order valence-corrected chi connectivity index (χ0v) is 8.92. The van der Waals surface area contributed by atoms with Gasteiger partial charge < -0.3 is 9.22 Å². The molecule has 0 radical (unpaired) electrons. The first-order valence-corrected chi connectivity index (χ1v) is 4.23. The summed E-state index contributed by atoms with van der Waals surface area (Å²) in [5.41, 5.74) is 0. The van der Waals surface area contributed by atoms with E-state index in [1.807, 2.05) is 6.92 Å². The molecule has 2 unspecified atom stereocenters. The molecule has 0 heterocycles. The summed E-state index contributed by atoms with van der Waals surface area (Å²) in [4.78, 5) is 10.7. The van der Waals surface area contributed by atoms with E-state index >= 15 is 0 Å². The molecule has 0 fully saturated rings. The normalized spacial score (nSPS) is 16.8. The summed E-state index contributed by atoms with van der Waals surface area (Å²) in [7, 11) is 6.26. The molecule has 0 aliphatic carbocycles. The number of carbonyl (C=O) groups excluding carboxylic acids is 1. The Labute approximate surface area is 74.9 Å². The zero-order chi connectivity index (χ0) is 9.94. The van der Waals surface area contributed by atoms with Gasteiger partial charge in [-0.05, 0) is 13.8 Å². The number of hydrogen-bond donors (Lipinski definition) is 0. The average Bonchev–Trinajstić information content (AvgIpc) is 1.82. The van der Waals surface area contributed by atoms with Gasteiger partial charge in [-0.15, -0.1) is 0 Å². The molecule has 3 heteroatoms. The van der Waals surface area contributed by atoms with Crippen molar-refractivity contribution < 1.29 is 14.0 Å². The summed E-state index contributed by atoms with van der Waals surface area (Å²) in [6, 6.07) is 0.314. The van der Waals surface area contributed by atoms with Crippen LogP contribution in [0.25, 0.3) is 0 Å². The highest BCUT2D eigenvalue weighted by Crippen LogP contribution is 2.09. The molecule has 0 N–H and O–H groups in total. The van der Waals surface area contributed by atoms with Gasteiger partial charge in [0, 0.05) is 6.92 Å². The second-order valence-corrected chi connectivity index (χ2v) is 4.17. The summed E-state index contributed by atoms with van der Waals surface area (Å²) in [5.74, 6) is -0.206. The van der Waals surface area contributed by atoms with Crippen LogP contribution in [0.1, 0.15) is 20.8 Å². The summed E-state index contributed by atoms with van der Waals surface area (Å²) in [5, 5.41) is 0. The average molecular weight is 174 g/mol. The van der Waals surface area contributed by atoms with E-state index in [0.717, 1.165) is 4.48 Å². The second kappa shape index (κ2) is 3.90. The Kier molecular flexibility index (Phi) is 3.71. The molecule has 0 rings (SSSR count). The number of quaternary nitrogens is 1. The van der Waals surface area contributed by atoms with E-state index in [-0.39, 0.29) is 12.1 Å². The molecule has 3 nitrogen and oxygen atoms in total. The monoisotopic (exact) mass is 174 g/mol. The highest BCUT2D eigenvalue weighted by Gasteiger charge is 2.26. The number of esters is 1. The molecule has 72 valence electrons. The van der Waals surface area contributed by atoms with Crippen molar-refractivity contribution in [3.8, 4) is 0 Å². The van der Waals surface area contributed by atoms with Crippen LogP contribution in [0, 0.1) is 0 Å². The van der Waals surface area contributed by atoms with E-state index in [1.54, 1.807) is 0 Å². The summed E-state index contributed by atoms with van der Waals surface area (Å²) >= 11 is 0. The van der Waals surface area contributed by atoms with Crippen molar-refractivity contribution in [3.05, 3.63) is 0 Å². The lowest BCUT2D eigenvalue weighted by Gasteiger charge is -2.34. The lowest BCUT2D eigenvalue weighted by atomic mass is 10.1. The minimum absolute atomic E-state index is 0.0255. The first-order chi connectivity index (χ1) is 5.25. The molecule has 12 heavy (non-hydrogen) atoms. The third-order valence-electron chi connectivity index (χ3n) is 2.25. The van der Waals surface area contributed by atoms with Crippen LogP contribution in [0.2, 0.25) is 0 Å². The van der Waals surface area contributed by atoms with Crippen molar-refractivity contribution in [2.24, 2.45) is 0 Å². The third kappa shape index (κ3) is 3.72. The molecular formula is C9H20NO2+. The Morgan fingerprint density at radius 1 is 1.25 bits per heavy atom. The summed E-state index contributed by atoms with van der Waals surface area (Å²) in [6.45, 7) is 5.45. The summed E-state index contributed by atoms with van der Waals surface area (Å²) < 4.78 is 5.88. The van der Waals surface area contributed by atoms with E-state index in [2.05, 4.69) is 28.1 Å². The molecule has 0 amide bonds. The van der Waals surface area contributed by atoms with Crippen LogP contribution >= 0.6 is 0 Å². The van der Waals surface area contributed by atoms with E-state index in [4.69, 9.17) is 4.74 Å². The highest BCUT2D eigenvalue weighted by molar-refractivity contribution is 5.66. The Bertz CT molecular complexity index is 160. The van der Waals surface area contributed by atoms with Crippen LogP contribution in [0.3, 0.4) is 0 Å². The van der Waals surface area contributed by atoms with Crippen molar-refractivity contribution in [3.63, 3.8) is 0 Å². The minimum Gasteiger partial charge on any atom is -0.457 e.